The minimum absolute atomic E-state index is 0.0562. The average molecular weight is 395 g/mol. The van der Waals surface area contributed by atoms with Crippen LogP contribution >= 0.6 is 11.3 Å². The van der Waals surface area contributed by atoms with Crippen LogP contribution in [0.1, 0.15) is 33.8 Å². The number of aromatic nitrogens is 4. The van der Waals surface area contributed by atoms with Gasteiger partial charge in [-0.2, -0.15) is 5.10 Å². The lowest BCUT2D eigenvalue weighted by Crippen LogP contribution is -2.37. The number of carbonyl (C=O) groups excluding carboxylic acids is 1. The van der Waals surface area contributed by atoms with Gasteiger partial charge in [0.1, 0.15) is 0 Å². The molecule has 3 aromatic heterocycles. The fourth-order valence-corrected chi connectivity index (χ4v) is 5.00. The van der Waals surface area contributed by atoms with E-state index in [1.165, 1.54) is 10.6 Å². The van der Waals surface area contributed by atoms with Gasteiger partial charge in [0.25, 0.3) is 5.91 Å². The fourth-order valence-electron chi connectivity index (χ4n) is 3.91. The van der Waals surface area contributed by atoms with E-state index < -0.39 is 0 Å². The van der Waals surface area contributed by atoms with Gasteiger partial charge < -0.3 is 4.74 Å². The molecule has 0 spiro atoms. The van der Waals surface area contributed by atoms with Crippen molar-refractivity contribution in [1.82, 2.24) is 19.7 Å². The van der Waals surface area contributed by atoms with Crippen molar-refractivity contribution in [3.05, 3.63) is 46.9 Å². The van der Waals surface area contributed by atoms with Crippen LogP contribution in [0, 0.1) is 0 Å². The van der Waals surface area contributed by atoms with Crippen LogP contribution in [0.4, 0.5) is 5.13 Å². The second-order valence-corrected chi connectivity index (χ2v) is 8.25. The maximum absolute atomic E-state index is 13.3. The van der Waals surface area contributed by atoms with E-state index in [2.05, 4.69) is 10.1 Å². The minimum Gasteiger partial charge on any atom is -0.376 e. The molecule has 7 nitrogen and oxygen atoms in total. The molecule has 0 aromatic carbocycles. The third-order valence-corrected chi connectivity index (χ3v) is 6.54. The van der Waals surface area contributed by atoms with Crippen molar-refractivity contribution < 1.29 is 9.53 Å². The molecule has 28 heavy (non-hydrogen) atoms. The highest BCUT2D eigenvalue weighted by Crippen LogP contribution is 2.39. The number of anilines is 1. The molecule has 8 heteroatoms. The quantitative estimate of drug-likeness (QED) is 0.679. The predicted molar refractivity (Wildman–Crippen MR) is 107 cm³/mol. The number of carbonyl (C=O) groups is 1. The number of pyridine rings is 1. The summed E-state index contributed by atoms with van der Waals surface area (Å²) in [5.74, 6) is -0.0598. The summed E-state index contributed by atoms with van der Waals surface area (Å²) in [4.78, 5) is 25.2. The van der Waals surface area contributed by atoms with Crippen LogP contribution in [0.5, 0.6) is 0 Å². The monoisotopic (exact) mass is 395 g/mol. The second-order valence-electron chi connectivity index (χ2n) is 7.18. The lowest BCUT2D eigenvalue weighted by atomic mass is 10.0. The SMILES string of the molecule is Cn1ncc2c1CCc1sc(N(C[C@@H]3CCCO3)C(=O)c3ccncc3)nc1-2. The molecule has 4 heterocycles. The van der Waals surface area contributed by atoms with Crippen LogP contribution in [0.15, 0.2) is 30.7 Å². The first-order chi connectivity index (χ1) is 13.7. The highest BCUT2D eigenvalue weighted by atomic mass is 32.1. The Balaban J connectivity index is 1.53. The molecule has 0 bridgehead atoms. The summed E-state index contributed by atoms with van der Waals surface area (Å²) in [6.07, 6.45) is 9.11. The van der Waals surface area contributed by atoms with E-state index in [0.717, 1.165) is 48.7 Å². The first kappa shape index (κ1) is 17.5. The van der Waals surface area contributed by atoms with Crippen molar-refractivity contribution in [3.63, 3.8) is 0 Å². The molecule has 0 unspecified atom stereocenters. The number of amides is 1. The molecule has 1 saturated heterocycles. The molecular weight excluding hydrogens is 374 g/mol. The van der Waals surface area contributed by atoms with Crippen molar-refractivity contribution in [2.24, 2.45) is 7.05 Å². The summed E-state index contributed by atoms with van der Waals surface area (Å²) in [6, 6.07) is 3.50. The highest BCUT2D eigenvalue weighted by Gasteiger charge is 2.30. The Morgan fingerprint density at radius 2 is 2.21 bits per heavy atom. The van der Waals surface area contributed by atoms with E-state index in [9.17, 15) is 4.79 Å². The van der Waals surface area contributed by atoms with Gasteiger partial charge in [-0.25, -0.2) is 4.98 Å². The molecule has 2 aliphatic rings. The topological polar surface area (TPSA) is 73.1 Å². The predicted octanol–water partition coefficient (Wildman–Crippen LogP) is 2.86. The Kier molecular flexibility index (Phi) is 4.44. The van der Waals surface area contributed by atoms with Gasteiger partial charge in [0.05, 0.1) is 24.5 Å². The number of nitrogens with zero attached hydrogens (tertiary/aromatic N) is 5. The summed E-state index contributed by atoms with van der Waals surface area (Å²) in [6.45, 7) is 1.28. The fraction of sp³-hybridized carbons (Fsp3) is 0.400. The van der Waals surface area contributed by atoms with Gasteiger partial charge >= 0.3 is 0 Å². The molecule has 1 amide bonds. The molecule has 1 aliphatic heterocycles. The number of ether oxygens (including phenoxy) is 1. The summed E-state index contributed by atoms with van der Waals surface area (Å²) in [5.41, 5.74) is 3.87. The molecule has 1 fully saturated rings. The number of thiazole rings is 1. The largest absolute Gasteiger partial charge is 0.376 e. The third kappa shape index (κ3) is 3.02. The molecule has 0 radical (unpaired) electrons. The van der Waals surface area contributed by atoms with E-state index in [1.807, 2.05) is 17.9 Å². The molecule has 0 N–H and O–H groups in total. The van der Waals surface area contributed by atoms with E-state index in [0.29, 0.717) is 12.1 Å². The normalized spacial score (nSPS) is 18.0. The van der Waals surface area contributed by atoms with Gasteiger partial charge in [0, 0.05) is 47.7 Å². The van der Waals surface area contributed by atoms with Crippen molar-refractivity contribution in [2.45, 2.75) is 31.8 Å². The van der Waals surface area contributed by atoms with Crippen molar-refractivity contribution in [2.75, 3.05) is 18.1 Å². The number of aryl methyl sites for hydroxylation is 2. The maximum atomic E-state index is 13.3. The lowest BCUT2D eigenvalue weighted by Gasteiger charge is -2.23. The van der Waals surface area contributed by atoms with Crippen LogP contribution in [0.2, 0.25) is 0 Å². The number of rotatable bonds is 4. The first-order valence-electron chi connectivity index (χ1n) is 9.55. The molecule has 5 rings (SSSR count). The van der Waals surface area contributed by atoms with Crippen LogP contribution in [0.3, 0.4) is 0 Å². The maximum Gasteiger partial charge on any atom is 0.260 e. The third-order valence-electron chi connectivity index (χ3n) is 5.41. The van der Waals surface area contributed by atoms with E-state index in [-0.39, 0.29) is 12.0 Å². The van der Waals surface area contributed by atoms with Crippen molar-refractivity contribution in [1.29, 1.82) is 0 Å². The smallest absolute Gasteiger partial charge is 0.260 e. The Morgan fingerprint density at radius 1 is 1.36 bits per heavy atom. The lowest BCUT2D eigenvalue weighted by molar-refractivity contribution is 0.0917. The Labute approximate surface area is 167 Å². The number of fused-ring (bicyclic) bond motifs is 3. The summed E-state index contributed by atoms with van der Waals surface area (Å²) in [7, 11) is 1.97. The van der Waals surface area contributed by atoms with Gasteiger partial charge in [-0.05, 0) is 37.8 Å². The standard InChI is InChI=1S/C20H21N5O2S/c1-24-16-4-5-17-18(15(16)11-22-24)23-20(28-17)25(12-14-3-2-10-27-14)19(26)13-6-8-21-9-7-13/h6-9,11,14H,2-5,10,12H2,1H3/t14-/m0/s1. The van der Waals surface area contributed by atoms with Gasteiger partial charge in [-0.3, -0.25) is 19.4 Å². The summed E-state index contributed by atoms with van der Waals surface area (Å²) < 4.78 is 7.73. The van der Waals surface area contributed by atoms with Crippen LogP contribution in [-0.4, -0.2) is 44.9 Å². The zero-order valence-electron chi connectivity index (χ0n) is 15.7. The van der Waals surface area contributed by atoms with E-state index in [1.54, 1.807) is 40.8 Å². The van der Waals surface area contributed by atoms with Crippen LogP contribution in [0.25, 0.3) is 11.3 Å². The van der Waals surface area contributed by atoms with Gasteiger partial charge in [0.2, 0.25) is 0 Å². The average Bonchev–Trinajstić information content (AvgIpc) is 3.46. The van der Waals surface area contributed by atoms with Crippen molar-refractivity contribution in [3.8, 4) is 11.3 Å². The molecule has 3 aromatic rings. The first-order valence-corrected chi connectivity index (χ1v) is 10.4. The van der Waals surface area contributed by atoms with Crippen LogP contribution in [-0.2, 0) is 24.6 Å². The molecule has 0 saturated carbocycles. The Hall–Kier alpha value is -2.58. The Bertz CT molecular complexity index is 1010. The zero-order chi connectivity index (χ0) is 19.1. The molecule has 144 valence electrons. The summed E-state index contributed by atoms with van der Waals surface area (Å²) in [5, 5.41) is 5.13. The van der Waals surface area contributed by atoms with Gasteiger partial charge in [-0.15, -0.1) is 11.3 Å². The second kappa shape index (κ2) is 7.10. The van der Waals surface area contributed by atoms with Crippen molar-refractivity contribution >= 4 is 22.4 Å². The minimum atomic E-state index is -0.0598. The molecular formula is C20H21N5O2S. The van der Waals surface area contributed by atoms with Gasteiger partial charge in [0.15, 0.2) is 5.13 Å². The van der Waals surface area contributed by atoms with E-state index >= 15 is 0 Å². The highest BCUT2D eigenvalue weighted by molar-refractivity contribution is 7.16. The zero-order valence-corrected chi connectivity index (χ0v) is 16.5. The summed E-state index contributed by atoms with van der Waals surface area (Å²) >= 11 is 1.61. The number of hydrogen-bond donors (Lipinski definition) is 0. The molecule has 1 aliphatic carbocycles. The Morgan fingerprint density at radius 3 is 3.00 bits per heavy atom. The van der Waals surface area contributed by atoms with Crippen LogP contribution < -0.4 is 4.90 Å². The van der Waals surface area contributed by atoms with E-state index in [4.69, 9.17) is 9.72 Å². The number of hydrogen-bond acceptors (Lipinski definition) is 6. The van der Waals surface area contributed by atoms with Gasteiger partial charge in [-0.1, -0.05) is 0 Å². The molecule has 1 atom stereocenters.